The van der Waals surface area contributed by atoms with Crippen LogP contribution in [0.15, 0.2) is 71.3 Å². The minimum Gasteiger partial charge on any atom is -0.496 e. The minimum atomic E-state index is -0.969. The Labute approximate surface area is 185 Å². The standard InChI is InChI=1S/C24H24N2O6/c1-30-20-6-3-2-5-17(20)13-26-19(14-31-15-22(26)27)23(28)16-8-10-18(11-9-16)25-24(29)21-7-4-12-32-21/h2-12,19,23,28H,13-15H2,1H3,(H,25,29). The molecule has 1 aliphatic heterocycles. The lowest BCUT2D eigenvalue weighted by Crippen LogP contribution is -2.51. The van der Waals surface area contributed by atoms with Gasteiger partial charge in [0, 0.05) is 17.8 Å². The van der Waals surface area contributed by atoms with Gasteiger partial charge in [0.25, 0.3) is 5.91 Å². The highest BCUT2D eigenvalue weighted by Crippen LogP contribution is 2.28. The van der Waals surface area contributed by atoms with E-state index in [0.29, 0.717) is 23.5 Å². The van der Waals surface area contributed by atoms with Gasteiger partial charge in [0.15, 0.2) is 5.76 Å². The number of carbonyl (C=O) groups is 2. The van der Waals surface area contributed by atoms with Crippen molar-refractivity contribution in [1.29, 1.82) is 0 Å². The molecule has 4 rings (SSSR count). The van der Waals surface area contributed by atoms with Crippen LogP contribution in [0.25, 0.3) is 0 Å². The number of hydrogen-bond donors (Lipinski definition) is 2. The highest BCUT2D eigenvalue weighted by Gasteiger charge is 2.35. The summed E-state index contributed by atoms with van der Waals surface area (Å²) >= 11 is 0. The van der Waals surface area contributed by atoms with Gasteiger partial charge in [-0.05, 0) is 35.9 Å². The lowest BCUT2D eigenvalue weighted by atomic mass is 9.99. The summed E-state index contributed by atoms with van der Waals surface area (Å²) in [6.45, 7) is 0.473. The van der Waals surface area contributed by atoms with Crippen molar-refractivity contribution in [2.75, 3.05) is 25.6 Å². The van der Waals surface area contributed by atoms with Crippen LogP contribution < -0.4 is 10.1 Å². The molecule has 1 aromatic heterocycles. The van der Waals surface area contributed by atoms with E-state index < -0.39 is 12.1 Å². The molecule has 166 valence electrons. The van der Waals surface area contributed by atoms with Crippen molar-refractivity contribution in [3.05, 3.63) is 83.8 Å². The number of furan rings is 1. The number of anilines is 1. The summed E-state index contributed by atoms with van der Waals surface area (Å²) in [5, 5.41) is 13.8. The molecule has 1 fully saturated rings. The summed E-state index contributed by atoms with van der Waals surface area (Å²) in [6, 6.07) is 16.9. The molecule has 2 heterocycles. The first-order chi connectivity index (χ1) is 15.6. The molecule has 0 saturated carbocycles. The zero-order valence-electron chi connectivity index (χ0n) is 17.6. The Hall–Kier alpha value is -3.62. The Balaban J connectivity index is 1.49. The highest BCUT2D eigenvalue weighted by molar-refractivity contribution is 6.02. The van der Waals surface area contributed by atoms with E-state index in [1.165, 1.54) is 6.26 Å². The van der Waals surface area contributed by atoms with E-state index in [1.54, 1.807) is 48.4 Å². The topological polar surface area (TPSA) is 101 Å². The normalized spacial score (nSPS) is 17.1. The van der Waals surface area contributed by atoms with Crippen molar-refractivity contribution in [2.45, 2.75) is 18.7 Å². The van der Waals surface area contributed by atoms with E-state index >= 15 is 0 Å². The molecule has 2 aromatic carbocycles. The van der Waals surface area contributed by atoms with Gasteiger partial charge >= 0.3 is 0 Å². The van der Waals surface area contributed by atoms with Gasteiger partial charge < -0.3 is 29.2 Å². The summed E-state index contributed by atoms with van der Waals surface area (Å²) in [5.74, 6) is 0.321. The maximum Gasteiger partial charge on any atom is 0.291 e. The van der Waals surface area contributed by atoms with Crippen LogP contribution in [-0.4, -0.2) is 48.2 Å². The van der Waals surface area contributed by atoms with Crippen LogP contribution in [0.1, 0.15) is 27.8 Å². The maximum atomic E-state index is 12.6. The molecule has 2 atom stereocenters. The Morgan fingerprint density at radius 2 is 1.97 bits per heavy atom. The third kappa shape index (κ3) is 4.66. The molecule has 0 aliphatic carbocycles. The summed E-state index contributed by atoms with van der Waals surface area (Å²) in [4.78, 5) is 26.4. The molecule has 3 aromatic rings. The second kappa shape index (κ2) is 9.67. The van der Waals surface area contributed by atoms with Gasteiger partial charge in [0.1, 0.15) is 18.5 Å². The molecular weight excluding hydrogens is 412 g/mol. The van der Waals surface area contributed by atoms with E-state index in [4.69, 9.17) is 13.9 Å². The summed E-state index contributed by atoms with van der Waals surface area (Å²) in [7, 11) is 1.58. The van der Waals surface area contributed by atoms with Crippen LogP contribution in [0.2, 0.25) is 0 Å². The van der Waals surface area contributed by atoms with E-state index in [1.807, 2.05) is 24.3 Å². The number of nitrogens with zero attached hydrogens (tertiary/aromatic N) is 1. The number of rotatable bonds is 7. The van der Waals surface area contributed by atoms with E-state index in [2.05, 4.69) is 5.32 Å². The third-order valence-corrected chi connectivity index (χ3v) is 5.39. The first-order valence-corrected chi connectivity index (χ1v) is 10.2. The molecule has 2 N–H and O–H groups in total. The Morgan fingerprint density at radius 1 is 1.19 bits per heavy atom. The molecule has 8 nitrogen and oxygen atoms in total. The zero-order valence-corrected chi connectivity index (χ0v) is 17.6. The maximum absolute atomic E-state index is 12.6. The summed E-state index contributed by atoms with van der Waals surface area (Å²) in [6.07, 6.45) is 0.461. The quantitative estimate of drug-likeness (QED) is 0.591. The van der Waals surface area contributed by atoms with Crippen LogP contribution in [0.5, 0.6) is 5.75 Å². The van der Waals surface area contributed by atoms with Crippen molar-refractivity contribution in [1.82, 2.24) is 4.90 Å². The Bertz CT molecular complexity index is 1060. The fourth-order valence-corrected chi connectivity index (χ4v) is 3.70. The smallest absolute Gasteiger partial charge is 0.291 e. The number of para-hydroxylation sites is 1. The number of benzene rings is 2. The molecule has 0 spiro atoms. The molecule has 0 radical (unpaired) electrons. The van der Waals surface area contributed by atoms with Crippen LogP contribution in [0.4, 0.5) is 5.69 Å². The first kappa shape index (κ1) is 21.6. The van der Waals surface area contributed by atoms with Gasteiger partial charge in [0.2, 0.25) is 5.91 Å². The molecule has 2 unspecified atom stereocenters. The van der Waals surface area contributed by atoms with Crippen LogP contribution in [-0.2, 0) is 16.1 Å². The first-order valence-electron chi connectivity index (χ1n) is 10.2. The minimum absolute atomic E-state index is 0.0316. The van der Waals surface area contributed by atoms with Crippen LogP contribution in [0, 0.1) is 0 Å². The number of hydrogen-bond acceptors (Lipinski definition) is 6. The van der Waals surface area contributed by atoms with Crippen molar-refractivity contribution >= 4 is 17.5 Å². The second-order valence-corrected chi connectivity index (χ2v) is 7.41. The van der Waals surface area contributed by atoms with Crippen molar-refractivity contribution in [3.8, 4) is 5.75 Å². The molecule has 0 bridgehead atoms. The largest absolute Gasteiger partial charge is 0.496 e. The molecule has 1 aliphatic rings. The van der Waals surface area contributed by atoms with Crippen molar-refractivity contribution < 1.29 is 28.6 Å². The van der Waals surface area contributed by atoms with Crippen molar-refractivity contribution in [2.24, 2.45) is 0 Å². The number of ether oxygens (including phenoxy) is 2. The van der Waals surface area contributed by atoms with Crippen LogP contribution in [0.3, 0.4) is 0 Å². The number of amides is 2. The lowest BCUT2D eigenvalue weighted by molar-refractivity contribution is -0.155. The lowest BCUT2D eigenvalue weighted by Gasteiger charge is -2.38. The van der Waals surface area contributed by atoms with Crippen LogP contribution >= 0.6 is 0 Å². The van der Waals surface area contributed by atoms with Gasteiger partial charge in [-0.2, -0.15) is 0 Å². The van der Waals surface area contributed by atoms with E-state index in [0.717, 1.165) is 5.56 Å². The van der Waals surface area contributed by atoms with Crippen molar-refractivity contribution in [3.63, 3.8) is 0 Å². The molecule has 8 heteroatoms. The number of aliphatic hydroxyl groups excluding tert-OH is 1. The monoisotopic (exact) mass is 436 g/mol. The number of morpholine rings is 1. The Kier molecular flexibility index (Phi) is 6.53. The van der Waals surface area contributed by atoms with Gasteiger partial charge in [-0.25, -0.2) is 0 Å². The zero-order chi connectivity index (χ0) is 22.5. The van der Waals surface area contributed by atoms with E-state index in [-0.39, 0.29) is 30.8 Å². The third-order valence-electron chi connectivity index (χ3n) is 5.39. The summed E-state index contributed by atoms with van der Waals surface area (Å²) in [5.41, 5.74) is 2.01. The van der Waals surface area contributed by atoms with Gasteiger partial charge in [0.05, 0.1) is 26.0 Å². The molecular formula is C24H24N2O6. The Morgan fingerprint density at radius 3 is 2.69 bits per heavy atom. The van der Waals surface area contributed by atoms with Gasteiger partial charge in [-0.3, -0.25) is 9.59 Å². The fraction of sp³-hybridized carbons (Fsp3) is 0.250. The summed E-state index contributed by atoms with van der Waals surface area (Å²) < 4.78 is 15.9. The van der Waals surface area contributed by atoms with Gasteiger partial charge in [-0.15, -0.1) is 0 Å². The molecule has 1 saturated heterocycles. The highest BCUT2D eigenvalue weighted by atomic mass is 16.5. The number of aliphatic hydroxyl groups is 1. The number of nitrogens with one attached hydrogen (secondary N) is 1. The second-order valence-electron chi connectivity index (χ2n) is 7.41. The fourth-order valence-electron chi connectivity index (χ4n) is 3.70. The number of carbonyl (C=O) groups excluding carboxylic acids is 2. The predicted octanol–water partition coefficient (Wildman–Crippen LogP) is 3.00. The number of methoxy groups -OCH3 is 1. The average Bonchev–Trinajstić information content (AvgIpc) is 3.36. The average molecular weight is 436 g/mol. The molecule has 2 amide bonds. The van der Waals surface area contributed by atoms with E-state index in [9.17, 15) is 14.7 Å². The predicted molar refractivity (Wildman–Crippen MR) is 116 cm³/mol. The molecule has 32 heavy (non-hydrogen) atoms. The van der Waals surface area contributed by atoms with Gasteiger partial charge in [-0.1, -0.05) is 30.3 Å². The SMILES string of the molecule is COc1ccccc1CN1C(=O)COCC1C(O)c1ccc(NC(=O)c2ccco2)cc1.